The van der Waals surface area contributed by atoms with Gasteiger partial charge in [-0.2, -0.15) is 5.10 Å². The molecule has 4 amide bonds. The number of rotatable bonds is 13. The van der Waals surface area contributed by atoms with Gasteiger partial charge in [0.2, 0.25) is 17.7 Å². The van der Waals surface area contributed by atoms with Gasteiger partial charge in [-0.25, -0.2) is 13.2 Å². The summed E-state index contributed by atoms with van der Waals surface area (Å²) in [6.45, 7) is 5.92. The number of amides is 4. The summed E-state index contributed by atoms with van der Waals surface area (Å²) >= 11 is 0. The van der Waals surface area contributed by atoms with E-state index in [1.165, 1.54) is 24.4 Å². The molecule has 4 aliphatic rings. The summed E-state index contributed by atoms with van der Waals surface area (Å²) in [5, 5.41) is 12.2. The largest absolute Gasteiger partial charge is 0.344 e. The Hall–Kier alpha value is -3.94. The zero-order valence-electron chi connectivity index (χ0n) is 27.6. The van der Waals surface area contributed by atoms with Crippen LogP contribution in [0.3, 0.4) is 0 Å². The molecule has 2 heterocycles. The summed E-state index contributed by atoms with van der Waals surface area (Å²) in [6, 6.07) is 2.54. The van der Waals surface area contributed by atoms with Crippen LogP contribution in [0.5, 0.6) is 0 Å². The molecule has 48 heavy (non-hydrogen) atoms. The highest BCUT2D eigenvalue weighted by Gasteiger charge is 2.60. The van der Waals surface area contributed by atoms with Crippen molar-refractivity contribution in [2.75, 3.05) is 38.5 Å². The number of nitrogens with one attached hydrogen (secondary N) is 3. The minimum atomic E-state index is -2.94. The number of carbonyl (C=O) groups excluding carboxylic acids is 4. The topological polar surface area (TPSA) is 129 Å². The predicted molar refractivity (Wildman–Crippen MR) is 171 cm³/mol. The average molecular weight is 672 g/mol. The van der Waals surface area contributed by atoms with Gasteiger partial charge in [0, 0.05) is 51.1 Å². The first-order valence-electron chi connectivity index (χ1n) is 17.0. The summed E-state index contributed by atoms with van der Waals surface area (Å²) in [5.41, 5.74) is 0.321. The lowest BCUT2D eigenvalue weighted by Gasteiger charge is -2.36. The van der Waals surface area contributed by atoms with Gasteiger partial charge in [0.25, 0.3) is 11.8 Å². The van der Waals surface area contributed by atoms with E-state index in [9.17, 15) is 28.0 Å². The molecule has 260 valence electrons. The Labute approximate surface area is 278 Å². The Kier molecular flexibility index (Phi) is 9.56. The number of aromatic nitrogens is 2. The van der Waals surface area contributed by atoms with Crippen molar-refractivity contribution < 1.29 is 32.3 Å². The second-order valence-electron chi connectivity index (χ2n) is 13.9. The maximum atomic E-state index is 15.7. The van der Waals surface area contributed by atoms with Crippen molar-refractivity contribution in [1.82, 2.24) is 30.2 Å². The van der Waals surface area contributed by atoms with Gasteiger partial charge < -0.3 is 25.8 Å². The molecule has 14 heteroatoms. The Bertz CT molecular complexity index is 1540. The molecule has 1 aromatic carbocycles. The van der Waals surface area contributed by atoms with Gasteiger partial charge in [0.05, 0.1) is 5.69 Å². The molecule has 1 saturated heterocycles. The number of halogens is 3. The zero-order valence-corrected chi connectivity index (χ0v) is 27.6. The maximum Gasteiger partial charge on any atom is 0.272 e. The Balaban J connectivity index is 1.19. The highest BCUT2D eigenvalue weighted by atomic mass is 19.3. The molecule has 0 spiro atoms. The highest BCUT2D eigenvalue weighted by molar-refractivity contribution is 6.01. The molecule has 0 radical (unpaired) electrons. The molecule has 3 aliphatic carbocycles. The van der Waals surface area contributed by atoms with Crippen LogP contribution >= 0.6 is 0 Å². The number of piperazine rings is 1. The molecule has 0 unspecified atom stereocenters. The third kappa shape index (κ3) is 7.37. The molecule has 4 atom stereocenters. The van der Waals surface area contributed by atoms with Crippen molar-refractivity contribution in [2.45, 2.75) is 82.3 Å². The number of alkyl halides is 2. The number of hydrogen-bond donors (Lipinski definition) is 3. The van der Waals surface area contributed by atoms with Crippen LogP contribution in [0.1, 0.15) is 80.4 Å². The monoisotopic (exact) mass is 671 g/mol. The van der Waals surface area contributed by atoms with E-state index in [1.54, 1.807) is 24.8 Å². The smallest absolute Gasteiger partial charge is 0.272 e. The number of nitrogens with zero attached hydrogens (tertiary/aromatic N) is 4. The summed E-state index contributed by atoms with van der Waals surface area (Å²) in [4.78, 5) is 57.1. The molecule has 11 nitrogen and oxygen atoms in total. The molecule has 6 rings (SSSR count). The van der Waals surface area contributed by atoms with Crippen molar-refractivity contribution in [1.29, 1.82) is 0 Å². The van der Waals surface area contributed by atoms with Gasteiger partial charge in [0.15, 0.2) is 0 Å². The summed E-state index contributed by atoms with van der Waals surface area (Å²) in [7, 11) is 1.98. The van der Waals surface area contributed by atoms with E-state index in [4.69, 9.17) is 0 Å². The lowest BCUT2D eigenvalue weighted by atomic mass is 9.88. The SMILES string of the molecule is CCC(=O)N[C@@H](C(=O)N1CCN(C)CC1)[C@@H](C)c1ccc(NC(=O)[C@@H](NC(=O)c2ccnn2[C@H]2CC2(F)F)C(C2CC2)C2CC2)c(F)c1. The number of carbonyl (C=O) groups is 4. The van der Waals surface area contributed by atoms with E-state index >= 15 is 4.39 Å². The van der Waals surface area contributed by atoms with Gasteiger partial charge in [-0.1, -0.05) is 19.9 Å². The van der Waals surface area contributed by atoms with Crippen molar-refractivity contribution in [3.8, 4) is 0 Å². The van der Waals surface area contributed by atoms with Crippen molar-refractivity contribution in [3.63, 3.8) is 0 Å². The first-order chi connectivity index (χ1) is 22.9. The number of hydrogen-bond acceptors (Lipinski definition) is 6. The van der Waals surface area contributed by atoms with Gasteiger partial charge in [-0.05, 0) is 74.2 Å². The molecule has 3 N–H and O–H groups in total. The first kappa shape index (κ1) is 33.9. The third-order valence-electron chi connectivity index (χ3n) is 10.3. The highest BCUT2D eigenvalue weighted by Crippen LogP contribution is 2.53. The van der Waals surface area contributed by atoms with Crippen molar-refractivity contribution in [2.24, 2.45) is 17.8 Å². The molecule has 1 aliphatic heterocycles. The van der Waals surface area contributed by atoms with Crippen molar-refractivity contribution >= 4 is 29.3 Å². The van der Waals surface area contributed by atoms with E-state index in [-0.39, 0.29) is 47.4 Å². The standard InChI is InChI=1S/C34H44F3N7O4/c1-4-27(45)40-29(33(48)43-15-13-42(3)14-16-43)19(2)22-9-10-24(23(35)17-22)39-32(47)30(28(20-5-6-20)21-7-8-21)41-31(46)25-11-12-38-44(25)26-18-34(26,36)37/h9-12,17,19-21,26,28-30H,4-8,13-16,18H2,1-3H3,(H,39,47)(H,40,45)(H,41,46)/t19-,26-,29+,30-/m0/s1. The van der Waals surface area contributed by atoms with Crippen molar-refractivity contribution in [3.05, 3.63) is 47.5 Å². The number of likely N-dealkylation sites (N-methyl/N-ethyl adjacent to an activating group) is 1. The maximum absolute atomic E-state index is 15.7. The third-order valence-corrected chi connectivity index (χ3v) is 10.3. The average Bonchev–Trinajstić information content (AvgIpc) is 4.02. The minimum absolute atomic E-state index is 0.0549. The van der Waals surface area contributed by atoms with E-state index in [1.807, 2.05) is 7.05 Å². The fourth-order valence-corrected chi connectivity index (χ4v) is 6.87. The Morgan fingerprint density at radius 3 is 2.19 bits per heavy atom. The van der Waals surface area contributed by atoms with Crippen LogP contribution in [0.25, 0.3) is 0 Å². The van der Waals surface area contributed by atoms with Crippen LogP contribution in [-0.2, 0) is 14.4 Å². The first-order valence-corrected chi connectivity index (χ1v) is 17.0. The minimum Gasteiger partial charge on any atom is -0.344 e. The van der Waals surface area contributed by atoms with Crippen LogP contribution in [0.4, 0.5) is 18.9 Å². The van der Waals surface area contributed by atoms with Gasteiger partial charge in [-0.3, -0.25) is 23.9 Å². The molecular formula is C34H44F3N7O4. The lowest BCUT2D eigenvalue weighted by molar-refractivity contribution is -0.138. The quantitative estimate of drug-likeness (QED) is 0.299. The second-order valence-corrected chi connectivity index (χ2v) is 13.9. The summed E-state index contributed by atoms with van der Waals surface area (Å²) in [6.07, 6.45) is 4.72. The van der Waals surface area contributed by atoms with Crippen LogP contribution in [0.2, 0.25) is 0 Å². The second kappa shape index (κ2) is 13.5. The van der Waals surface area contributed by atoms with Gasteiger partial charge in [-0.15, -0.1) is 0 Å². The Morgan fingerprint density at radius 1 is 0.979 bits per heavy atom. The van der Waals surface area contributed by atoms with Crippen LogP contribution < -0.4 is 16.0 Å². The normalized spacial score (nSPS) is 22.5. The zero-order chi connectivity index (χ0) is 34.3. The van der Waals surface area contributed by atoms with E-state index in [2.05, 4.69) is 25.9 Å². The van der Waals surface area contributed by atoms with E-state index < -0.39 is 54.0 Å². The van der Waals surface area contributed by atoms with Crippen LogP contribution in [0.15, 0.2) is 30.5 Å². The predicted octanol–water partition coefficient (Wildman–Crippen LogP) is 3.55. The molecule has 1 aromatic heterocycles. The van der Waals surface area contributed by atoms with Crippen LogP contribution in [-0.4, -0.2) is 94.4 Å². The Morgan fingerprint density at radius 2 is 1.62 bits per heavy atom. The summed E-state index contributed by atoms with van der Waals surface area (Å²) in [5.74, 6) is -5.75. The van der Waals surface area contributed by atoms with Gasteiger partial charge in [0.1, 0.15) is 29.6 Å². The molecule has 2 aromatic rings. The lowest BCUT2D eigenvalue weighted by Crippen LogP contribution is -2.55. The number of benzene rings is 1. The molecule has 3 saturated carbocycles. The fourth-order valence-electron chi connectivity index (χ4n) is 6.87. The van der Waals surface area contributed by atoms with E-state index in [0.717, 1.165) is 30.4 Å². The molecule has 0 bridgehead atoms. The van der Waals surface area contributed by atoms with Crippen LogP contribution in [0, 0.1) is 23.6 Å². The number of anilines is 1. The summed E-state index contributed by atoms with van der Waals surface area (Å²) < 4.78 is 44.4. The molecule has 4 fully saturated rings. The fraction of sp³-hybridized carbons (Fsp3) is 0.618. The van der Waals surface area contributed by atoms with E-state index in [0.29, 0.717) is 31.7 Å². The van der Waals surface area contributed by atoms with Gasteiger partial charge >= 0.3 is 0 Å². The molecular weight excluding hydrogens is 627 g/mol.